The molecule has 27 heavy (non-hydrogen) atoms. The summed E-state index contributed by atoms with van der Waals surface area (Å²) in [4.78, 5) is 40.2. The number of ketones is 2. The van der Waals surface area contributed by atoms with Gasteiger partial charge >= 0.3 is 5.97 Å². The van der Waals surface area contributed by atoms with Gasteiger partial charge in [-0.25, -0.2) is 0 Å². The zero-order valence-electron chi connectivity index (χ0n) is 16.2. The molecule has 0 unspecified atom stereocenters. The number of Topliss-reactive ketones (excluding diaryl/α,β-unsaturated/α-hetero) is 2. The highest BCUT2D eigenvalue weighted by atomic mass is 16.5. The van der Waals surface area contributed by atoms with E-state index >= 15 is 0 Å². The highest BCUT2D eigenvalue weighted by Crippen LogP contribution is 2.61. The fourth-order valence-corrected chi connectivity index (χ4v) is 6.37. The largest absolute Gasteiger partial charge is 0.457 e. The number of aromatic amines is 1. The van der Waals surface area contributed by atoms with Crippen LogP contribution < -0.4 is 0 Å². The third-order valence-electron chi connectivity index (χ3n) is 6.87. The van der Waals surface area contributed by atoms with E-state index in [2.05, 4.69) is 4.98 Å². The van der Waals surface area contributed by atoms with E-state index in [-0.39, 0.29) is 24.1 Å². The van der Waals surface area contributed by atoms with Crippen LogP contribution in [0.1, 0.15) is 77.6 Å². The summed E-state index contributed by atoms with van der Waals surface area (Å²) in [6.45, 7) is 4.61. The van der Waals surface area contributed by atoms with Gasteiger partial charge in [0.25, 0.3) is 0 Å². The zero-order chi connectivity index (χ0) is 19.6. The van der Waals surface area contributed by atoms with Gasteiger partial charge in [-0.3, -0.25) is 14.4 Å². The maximum Gasteiger partial charge on any atom is 0.312 e. The molecule has 4 aliphatic carbocycles. The SMILES string of the molecule is CC(=O)c1c(C)[nH]c(C(=O)COC(=O)C23C[C@H]4C[C@@H](CC(O)(C4)C2)C3)c1C. The molecule has 4 aliphatic rings. The molecule has 2 atom stereocenters. The van der Waals surface area contributed by atoms with Crippen molar-refractivity contribution in [1.29, 1.82) is 0 Å². The van der Waals surface area contributed by atoms with Gasteiger partial charge in [0.2, 0.25) is 5.78 Å². The maximum absolute atomic E-state index is 12.9. The summed E-state index contributed by atoms with van der Waals surface area (Å²) in [6, 6.07) is 0. The first-order valence-electron chi connectivity index (χ1n) is 9.75. The Morgan fingerprint density at radius 2 is 1.78 bits per heavy atom. The summed E-state index contributed by atoms with van der Waals surface area (Å²) in [5.74, 6) is -0.0213. The molecule has 1 heterocycles. The number of carbonyl (C=O) groups excluding carboxylic acids is 3. The van der Waals surface area contributed by atoms with E-state index in [1.165, 1.54) is 6.92 Å². The van der Waals surface area contributed by atoms with Crippen LogP contribution in [-0.4, -0.2) is 39.8 Å². The van der Waals surface area contributed by atoms with Crippen LogP contribution >= 0.6 is 0 Å². The second-order valence-electron chi connectivity index (χ2n) is 9.15. The van der Waals surface area contributed by atoms with E-state index in [4.69, 9.17) is 4.74 Å². The zero-order valence-corrected chi connectivity index (χ0v) is 16.2. The molecule has 5 rings (SSSR count). The van der Waals surface area contributed by atoms with E-state index in [0.717, 1.165) is 32.1 Å². The molecule has 0 aromatic carbocycles. The van der Waals surface area contributed by atoms with Gasteiger partial charge in [-0.05, 0) is 76.7 Å². The number of ether oxygens (including phenoxy) is 1. The van der Waals surface area contributed by atoms with Crippen LogP contribution in [0.4, 0.5) is 0 Å². The minimum Gasteiger partial charge on any atom is -0.457 e. The Balaban J connectivity index is 1.47. The normalized spacial score (nSPS) is 33.9. The number of rotatable bonds is 5. The van der Waals surface area contributed by atoms with E-state index in [0.29, 0.717) is 40.8 Å². The smallest absolute Gasteiger partial charge is 0.312 e. The van der Waals surface area contributed by atoms with E-state index in [1.807, 2.05) is 0 Å². The summed E-state index contributed by atoms with van der Waals surface area (Å²) in [5.41, 5.74) is 0.729. The van der Waals surface area contributed by atoms with Crippen LogP contribution in [-0.2, 0) is 9.53 Å². The Morgan fingerprint density at radius 3 is 2.30 bits per heavy atom. The fraction of sp³-hybridized carbons (Fsp3) is 0.667. The summed E-state index contributed by atoms with van der Waals surface area (Å²) in [7, 11) is 0. The average molecular weight is 373 g/mol. The highest BCUT2D eigenvalue weighted by Gasteiger charge is 2.60. The van der Waals surface area contributed by atoms with Gasteiger partial charge in [0, 0.05) is 11.3 Å². The Labute approximate surface area is 158 Å². The molecule has 0 amide bonds. The van der Waals surface area contributed by atoms with E-state index < -0.39 is 11.0 Å². The first-order chi connectivity index (χ1) is 12.6. The number of esters is 1. The van der Waals surface area contributed by atoms with Gasteiger partial charge < -0.3 is 14.8 Å². The maximum atomic E-state index is 12.9. The summed E-state index contributed by atoms with van der Waals surface area (Å²) in [6.07, 6.45) is 4.63. The van der Waals surface area contributed by atoms with Crippen molar-refractivity contribution >= 4 is 17.5 Å². The number of hydrogen-bond donors (Lipinski definition) is 2. The number of aromatic nitrogens is 1. The van der Waals surface area contributed by atoms with Crippen LogP contribution in [0.5, 0.6) is 0 Å². The number of nitrogens with one attached hydrogen (secondary N) is 1. The Hall–Kier alpha value is -1.95. The van der Waals surface area contributed by atoms with Crippen molar-refractivity contribution in [3.05, 3.63) is 22.5 Å². The third kappa shape index (κ3) is 2.94. The van der Waals surface area contributed by atoms with Crippen LogP contribution in [0, 0.1) is 31.1 Å². The molecule has 0 spiro atoms. The first kappa shape index (κ1) is 18.4. The van der Waals surface area contributed by atoms with Crippen LogP contribution in [0.25, 0.3) is 0 Å². The van der Waals surface area contributed by atoms with Crippen LogP contribution in [0.2, 0.25) is 0 Å². The molecule has 1 aromatic heterocycles. The van der Waals surface area contributed by atoms with Gasteiger partial charge in [-0.1, -0.05) is 0 Å². The quantitative estimate of drug-likeness (QED) is 0.611. The van der Waals surface area contributed by atoms with Crippen molar-refractivity contribution < 1.29 is 24.2 Å². The lowest BCUT2D eigenvalue weighted by molar-refractivity contribution is -0.195. The second kappa shape index (κ2) is 6.03. The molecule has 0 saturated heterocycles. The molecule has 146 valence electrons. The molecular weight excluding hydrogens is 346 g/mol. The van der Waals surface area contributed by atoms with Crippen molar-refractivity contribution in [2.24, 2.45) is 17.3 Å². The molecule has 4 saturated carbocycles. The van der Waals surface area contributed by atoms with E-state index in [9.17, 15) is 19.5 Å². The minimum absolute atomic E-state index is 0.0981. The van der Waals surface area contributed by atoms with Gasteiger partial charge in [0.15, 0.2) is 12.4 Å². The highest BCUT2D eigenvalue weighted by molar-refractivity contribution is 6.04. The van der Waals surface area contributed by atoms with Crippen molar-refractivity contribution in [3.63, 3.8) is 0 Å². The Morgan fingerprint density at radius 1 is 1.15 bits per heavy atom. The Bertz CT molecular complexity index is 822. The fourth-order valence-electron chi connectivity index (χ4n) is 6.37. The molecule has 4 bridgehead atoms. The lowest BCUT2D eigenvalue weighted by atomic mass is 9.48. The molecular formula is C21H27NO5. The third-order valence-corrected chi connectivity index (χ3v) is 6.87. The van der Waals surface area contributed by atoms with Gasteiger partial charge in [0.1, 0.15) is 0 Å². The van der Waals surface area contributed by atoms with Crippen molar-refractivity contribution in [2.45, 2.75) is 64.9 Å². The van der Waals surface area contributed by atoms with Crippen molar-refractivity contribution in [2.75, 3.05) is 6.61 Å². The lowest BCUT2D eigenvalue weighted by Gasteiger charge is -2.58. The summed E-state index contributed by atoms with van der Waals surface area (Å²) in [5, 5.41) is 10.8. The van der Waals surface area contributed by atoms with Crippen molar-refractivity contribution in [3.8, 4) is 0 Å². The number of carbonyl (C=O) groups is 3. The topological polar surface area (TPSA) is 96.5 Å². The molecule has 2 N–H and O–H groups in total. The van der Waals surface area contributed by atoms with E-state index in [1.54, 1.807) is 13.8 Å². The monoisotopic (exact) mass is 373 g/mol. The molecule has 6 heteroatoms. The number of hydrogen-bond acceptors (Lipinski definition) is 5. The van der Waals surface area contributed by atoms with Crippen LogP contribution in [0.3, 0.4) is 0 Å². The number of aliphatic hydroxyl groups is 1. The molecule has 6 nitrogen and oxygen atoms in total. The molecule has 4 fully saturated rings. The summed E-state index contributed by atoms with van der Waals surface area (Å²) >= 11 is 0. The number of aryl methyl sites for hydroxylation is 1. The molecule has 0 radical (unpaired) electrons. The number of H-pyrrole nitrogens is 1. The average Bonchev–Trinajstić information content (AvgIpc) is 2.84. The standard InChI is InChI=1S/C21H27NO5/c1-11-17(13(3)23)12(2)22-18(11)16(24)9-27-19(25)20-5-14-4-15(6-20)8-21(26,7-14)10-20/h14-15,22,26H,4-10H2,1-3H3/t14-,15-,20?,21?/m1/s1. The predicted octanol–water partition coefficient (Wildman–Crippen LogP) is 2.89. The van der Waals surface area contributed by atoms with Crippen LogP contribution in [0.15, 0.2) is 0 Å². The lowest BCUT2D eigenvalue weighted by Crippen LogP contribution is -2.58. The molecule has 0 aliphatic heterocycles. The minimum atomic E-state index is -0.739. The summed E-state index contributed by atoms with van der Waals surface area (Å²) < 4.78 is 5.45. The first-order valence-corrected chi connectivity index (χ1v) is 9.75. The second-order valence-corrected chi connectivity index (χ2v) is 9.15. The molecule has 1 aromatic rings. The van der Waals surface area contributed by atoms with Gasteiger partial charge in [-0.2, -0.15) is 0 Å². The van der Waals surface area contributed by atoms with Crippen molar-refractivity contribution in [1.82, 2.24) is 4.98 Å². The van der Waals surface area contributed by atoms with Gasteiger partial charge in [0.05, 0.1) is 16.7 Å². The predicted molar refractivity (Wildman–Crippen MR) is 97.6 cm³/mol. The Kier molecular flexibility index (Phi) is 4.11. The van der Waals surface area contributed by atoms with Gasteiger partial charge in [-0.15, -0.1) is 0 Å².